The van der Waals surface area contributed by atoms with Crippen LogP contribution in [-0.4, -0.2) is 38.9 Å². The molecule has 0 bridgehead atoms. The predicted molar refractivity (Wildman–Crippen MR) is 79.1 cm³/mol. The van der Waals surface area contributed by atoms with Gasteiger partial charge in [-0.05, 0) is 18.8 Å². The Balaban J connectivity index is 0. The third kappa shape index (κ3) is 8.26. The van der Waals surface area contributed by atoms with Crippen LogP contribution in [0.1, 0.15) is 40.0 Å². The number of halogens is 1. The molecule has 0 spiro atoms. The molecule has 0 amide bonds. The summed E-state index contributed by atoms with van der Waals surface area (Å²) >= 11 is 0. The molecule has 112 valence electrons. The summed E-state index contributed by atoms with van der Waals surface area (Å²) in [5.74, 6) is 0.423. The van der Waals surface area contributed by atoms with Gasteiger partial charge < -0.3 is 5.73 Å². The average molecular weight is 302 g/mol. The Bertz CT molecular complexity index is 297. The molecule has 0 aliphatic heterocycles. The summed E-state index contributed by atoms with van der Waals surface area (Å²) in [5.41, 5.74) is 5.58. The monoisotopic (exact) mass is 301 g/mol. The van der Waals surface area contributed by atoms with E-state index in [9.17, 15) is 8.42 Å². The van der Waals surface area contributed by atoms with Gasteiger partial charge in [0, 0.05) is 26.2 Å². The number of rotatable bonds is 9. The first-order valence-electron chi connectivity index (χ1n) is 6.27. The Kier molecular flexibility index (Phi) is 11.3. The highest BCUT2D eigenvalue weighted by Gasteiger charge is 2.21. The maximum absolute atomic E-state index is 11.9. The van der Waals surface area contributed by atoms with Crippen molar-refractivity contribution in [2.75, 3.05) is 20.1 Å². The van der Waals surface area contributed by atoms with E-state index in [1.807, 2.05) is 6.92 Å². The third-order valence-corrected chi connectivity index (χ3v) is 4.23. The van der Waals surface area contributed by atoms with E-state index in [1.165, 1.54) is 4.31 Å². The SMILES string of the molecule is CCCCN(C)S(=O)(=O)NC(CN)CC(C)C.Cl. The molecule has 0 aromatic rings. The Morgan fingerprint density at radius 1 is 1.33 bits per heavy atom. The number of hydrogen-bond acceptors (Lipinski definition) is 3. The Morgan fingerprint density at radius 3 is 2.28 bits per heavy atom. The molecule has 0 aromatic heterocycles. The molecule has 0 saturated carbocycles. The van der Waals surface area contributed by atoms with Crippen LogP contribution in [0.5, 0.6) is 0 Å². The molecule has 7 heteroatoms. The van der Waals surface area contributed by atoms with E-state index in [1.54, 1.807) is 7.05 Å². The van der Waals surface area contributed by atoms with Gasteiger partial charge in [-0.2, -0.15) is 17.4 Å². The summed E-state index contributed by atoms with van der Waals surface area (Å²) in [6, 6.07) is -0.177. The number of nitrogens with two attached hydrogens (primary N) is 1. The first-order chi connectivity index (χ1) is 7.83. The standard InChI is InChI=1S/C11H27N3O2S.ClH/c1-5-6-7-14(4)17(15,16)13-11(9-12)8-10(2)3;/h10-11,13H,5-9,12H2,1-4H3;1H. The fourth-order valence-corrected chi connectivity index (χ4v) is 2.73. The highest BCUT2D eigenvalue weighted by atomic mass is 35.5. The Hall–Kier alpha value is 0.120. The zero-order chi connectivity index (χ0) is 13.5. The van der Waals surface area contributed by atoms with Crippen LogP contribution in [0.4, 0.5) is 0 Å². The summed E-state index contributed by atoms with van der Waals surface area (Å²) in [6.07, 6.45) is 2.61. The molecule has 5 nitrogen and oxygen atoms in total. The molecule has 0 rings (SSSR count). The Morgan fingerprint density at radius 2 is 1.89 bits per heavy atom. The lowest BCUT2D eigenvalue weighted by Crippen LogP contribution is -2.47. The van der Waals surface area contributed by atoms with Crippen molar-refractivity contribution in [3.63, 3.8) is 0 Å². The van der Waals surface area contributed by atoms with E-state index in [-0.39, 0.29) is 18.4 Å². The summed E-state index contributed by atoms with van der Waals surface area (Å²) in [7, 11) is -1.79. The van der Waals surface area contributed by atoms with Crippen molar-refractivity contribution in [1.82, 2.24) is 9.03 Å². The van der Waals surface area contributed by atoms with Gasteiger partial charge in [0.05, 0.1) is 0 Å². The second-order valence-electron chi connectivity index (χ2n) is 4.86. The van der Waals surface area contributed by atoms with E-state index < -0.39 is 10.2 Å². The van der Waals surface area contributed by atoms with E-state index in [4.69, 9.17) is 5.73 Å². The van der Waals surface area contributed by atoms with Crippen molar-refractivity contribution in [3.8, 4) is 0 Å². The minimum atomic E-state index is -3.39. The van der Waals surface area contributed by atoms with Gasteiger partial charge in [0.1, 0.15) is 0 Å². The van der Waals surface area contributed by atoms with Gasteiger partial charge in [0.15, 0.2) is 0 Å². The fourth-order valence-electron chi connectivity index (χ4n) is 1.56. The minimum Gasteiger partial charge on any atom is -0.329 e. The molecule has 0 aliphatic rings. The molecule has 0 fully saturated rings. The van der Waals surface area contributed by atoms with Crippen molar-refractivity contribution in [2.24, 2.45) is 11.7 Å². The first kappa shape index (κ1) is 20.4. The summed E-state index contributed by atoms with van der Waals surface area (Å²) in [6.45, 7) is 7.02. The second kappa shape index (κ2) is 9.97. The van der Waals surface area contributed by atoms with E-state index in [0.717, 1.165) is 19.3 Å². The molecule has 1 unspecified atom stereocenters. The van der Waals surface area contributed by atoms with Gasteiger partial charge in [-0.1, -0.05) is 27.2 Å². The van der Waals surface area contributed by atoms with Crippen LogP contribution in [0, 0.1) is 5.92 Å². The van der Waals surface area contributed by atoms with E-state index in [0.29, 0.717) is 19.0 Å². The van der Waals surface area contributed by atoms with Gasteiger partial charge in [0.2, 0.25) is 0 Å². The Labute approximate surface area is 118 Å². The summed E-state index contributed by atoms with van der Waals surface area (Å²) in [5, 5.41) is 0. The number of nitrogens with zero attached hydrogens (tertiary/aromatic N) is 1. The second-order valence-corrected chi connectivity index (χ2v) is 6.67. The van der Waals surface area contributed by atoms with Crippen molar-refractivity contribution in [2.45, 2.75) is 46.1 Å². The van der Waals surface area contributed by atoms with Gasteiger partial charge in [0.25, 0.3) is 10.2 Å². The highest BCUT2D eigenvalue weighted by Crippen LogP contribution is 2.06. The summed E-state index contributed by atoms with van der Waals surface area (Å²) in [4.78, 5) is 0. The van der Waals surface area contributed by atoms with Gasteiger partial charge >= 0.3 is 0 Å². The maximum Gasteiger partial charge on any atom is 0.279 e. The van der Waals surface area contributed by atoms with Crippen LogP contribution in [0.3, 0.4) is 0 Å². The normalized spacial score (nSPS) is 13.7. The van der Waals surface area contributed by atoms with Crippen molar-refractivity contribution in [3.05, 3.63) is 0 Å². The average Bonchev–Trinajstić information content (AvgIpc) is 2.23. The zero-order valence-electron chi connectivity index (χ0n) is 11.8. The number of unbranched alkanes of at least 4 members (excludes halogenated alkanes) is 1. The topological polar surface area (TPSA) is 75.4 Å². The zero-order valence-corrected chi connectivity index (χ0v) is 13.5. The highest BCUT2D eigenvalue weighted by molar-refractivity contribution is 7.87. The first-order valence-corrected chi connectivity index (χ1v) is 7.71. The van der Waals surface area contributed by atoms with Crippen LogP contribution >= 0.6 is 12.4 Å². The van der Waals surface area contributed by atoms with Crippen LogP contribution < -0.4 is 10.5 Å². The quantitative estimate of drug-likeness (QED) is 0.675. The van der Waals surface area contributed by atoms with Crippen molar-refractivity contribution in [1.29, 1.82) is 0 Å². The van der Waals surface area contributed by atoms with E-state index in [2.05, 4.69) is 18.6 Å². The molecule has 0 heterocycles. The molecule has 18 heavy (non-hydrogen) atoms. The maximum atomic E-state index is 11.9. The molecule has 3 N–H and O–H groups in total. The lowest BCUT2D eigenvalue weighted by molar-refractivity contribution is 0.418. The lowest BCUT2D eigenvalue weighted by atomic mass is 10.1. The molecule has 0 aliphatic carbocycles. The van der Waals surface area contributed by atoms with Gasteiger partial charge in [-0.25, -0.2) is 0 Å². The van der Waals surface area contributed by atoms with Crippen molar-refractivity contribution < 1.29 is 8.42 Å². The van der Waals surface area contributed by atoms with Crippen molar-refractivity contribution >= 4 is 22.6 Å². The molecular formula is C11H28ClN3O2S. The fraction of sp³-hybridized carbons (Fsp3) is 1.00. The van der Waals surface area contributed by atoms with Crippen LogP contribution in [0.2, 0.25) is 0 Å². The molecule has 1 atom stereocenters. The largest absolute Gasteiger partial charge is 0.329 e. The number of nitrogens with one attached hydrogen (secondary N) is 1. The smallest absolute Gasteiger partial charge is 0.279 e. The van der Waals surface area contributed by atoms with Crippen LogP contribution in [0.15, 0.2) is 0 Å². The third-order valence-electron chi connectivity index (χ3n) is 2.59. The molecule has 0 radical (unpaired) electrons. The minimum absolute atomic E-state index is 0. The lowest BCUT2D eigenvalue weighted by Gasteiger charge is -2.23. The predicted octanol–water partition coefficient (Wildman–Crippen LogP) is 1.35. The molecular weight excluding hydrogens is 274 g/mol. The molecule has 0 saturated heterocycles. The molecule has 0 aromatic carbocycles. The van der Waals surface area contributed by atoms with Gasteiger partial charge in [-0.15, -0.1) is 12.4 Å². The van der Waals surface area contributed by atoms with Crippen LogP contribution in [-0.2, 0) is 10.2 Å². The number of hydrogen-bond donors (Lipinski definition) is 2. The van der Waals surface area contributed by atoms with Crippen LogP contribution in [0.25, 0.3) is 0 Å². The van der Waals surface area contributed by atoms with Gasteiger partial charge in [-0.3, -0.25) is 0 Å². The van der Waals surface area contributed by atoms with E-state index >= 15 is 0 Å². The summed E-state index contributed by atoms with van der Waals surface area (Å²) < 4.78 is 27.9.